The highest BCUT2D eigenvalue weighted by Crippen LogP contribution is 2.23. The standard InChI is InChI=1S/C16H14N2O2/c17-10-13-3-1-2-4-14(13)12-7-5-11(6-8-12)9-15(18)16(19)20/h1-8,15H,9,18H2,(H,19,20). The van der Waals surface area contributed by atoms with Gasteiger partial charge in [0.05, 0.1) is 11.6 Å². The molecule has 0 spiro atoms. The highest BCUT2D eigenvalue weighted by molar-refractivity contribution is 5.74. The van der Waals surface area contributed by atoms with E-state index in [1.807, 2.05) is 42.5 Å². The molecule has 1 unspecified atom stereocenters. The van der Waals surface area contributed by atoms with E-state index < -0.39 is 12.0 Å². The average molecular weight is 266 g/mol. The van der Waals surface area contributed by atoms with Gasteiger partial charge in [-0.2, -0.15) is 5.26 Å². The lowest BCUT2D eigenvalue weighted by Crippen LogP contribution is -2.32. The summed E-state index contributed by atoms with van der Waals surface area (Å²) in [6.45, 7) is 0. The summed E-state index contributed by atoms with van der Waals surface area (Å²) in [5, 5.41) is 17.9. The number of nitriles is 1. The van der Waals surface area contributed by atoms with E-state index in [1.54, 1.807) is 6.07 Å². The Kier molecular flexibility index (Phi) is 4.14. The van der Waals surface area contributed by atoms with Crippen LogP contribution in [-0.2, 0) is 11.2 Å². The minimum absolute atomic E-state index is 0.287. The summed E-state index contributed by atoms with van der Waals surface area (Å²) >= 11 is 0. The van der Waals surface area contributed by atoms with Crippen molar-refractivity contribution in [2.45, 2.75) is 12.5 Å². The van der Waals surface area contributed by atoms with Crippen molar-refractivity contribution in [3.63, 3.8) is 0 Å². The number of aliphatic carboxylic acids is 1. The van der Waals surface area contributed by atoms with E-state index in [2.05, 4.69) is 6.07 Å². The summed E-state index contributed by atoms with van der Waals surface area (Å²) in [4.78, 5) is 10.7. The van der Waals surface area contributed by atoms with Crippen molar-refractivity contribution in [1.29, 1.82) is 5.26 Å². The third kappa shape index (κ3) is 3.02. The molecule has 0 aliphatic rings. The maximum absolute atomic E-state index is 10.7. The molecular weight excluding hydrogens is 252 g/mol. The molecule has 0 fully saturated rings. The molecule has 0 amide bonds. The van der Waals surface area contributed by atoms with Crippen LogP contribution in [0.25, 0.3) is 11.1 Å². The van der Waals surface area contributed by atoms with Gasteiger partial charge in [0, 0.05) is 0 Å². The van der Waals surface area contributed by atoms with E-state index >= 15 is 0 Å². The molecule has 0 radical (unpaired) electrons. The van der Waals surface area contributed by atoms with Crippen molar-refractivity contribution in [2.24, 2.45) is 5.73 Å². The predicted molar refractivity (Wildman–Crippen MR) is 75.9 cm³/mol. The second-order valence-electron chi connectivity index (χ2n) is 4.50. The second kappa shape index (κ2) is 6.00. The Labute approximate surface area is 117 Å². The smallest absolute Gasteiger partial charge is 0.320 e. The van der Waals surface area contributed by atoms with E-state index in [-0.39, 0.29) is 6.42 Å². The Hall–Kier alpha value is -2.64. The minimum Gasteiger partial charge on any atom is -0.480 e. The molecule has 20 heavy (non-hydrogen) atoms. The van der Waals surface area contributed by atoms with Gasteiger partial charge in [0.25, 0.3) is 0 Å². The normalized spacial score (nSPS) is 11.6. The van der Waals surface area contributed by atoms with Crippen LogP contribution in [0.2, 0.25) is 0 Å². The fourth-order valence-corrected chi connectivity index (χ4v) is 1.99. The zero-order valence-corrected chi connectivity index (χ0v) is 10.8. The largest absolute Gasteiger partial charge is 0.480 e. The van der Waals surface area contributed by atoms with E-state index in [0.717, 1.165) is 16.7 Å². The lowest BCUT2D eigenvalue weighted by atomic mass is 9.98. The Morgan fingerprint density at radius 3 is 2.45 bits per heavy atom. The number of carboxylic acid groups (broad SMARTS) is 1. The van der Waals surface area contributed by atoms with Crippen molar-refractivity contribution < 1.29 is 9.90 Å². The molecule has 0 heterocycles. The Balaban J connectivity index is 2.25. The molecule has 0 aromatic heterocycles. The number of carbonyl (C=O) groups is 1. The molecule has 2 aromatic carbocycles. The SMILES string of the molecule is N#Cc1ccccc1-c1ccc(CC(N)C(=O)O)cc1. The third-order valence-electron chi connectivity index (χ3n) is 3.09. The number of nitrogens with two attached hydrogens (primary N) is 1. The first-order valence-electron chi connectivity index (χ1n) is 6.18. The average Bonchev–Trinajstić information content (AvgIpc) is 2.48. The lowest BCUT2D eigenvalue weighted by molar-refractivity contribution is -0.138. The van der Waals surface area contributed by atoms with E-state index in [0.29, 0.717) is 5.56 Å². The van der Waals surface area contributed by atoms with Crippen molar-refractivity contribution in [2.75, 3.05) is 0 Å². The van der Waals surface area contributed by atoms with E-state index in [1.165, 1.54) is 0 Å². The maximum atomic E-state index is 10.7. The maximum Gasteiger partial charge on any atom is 0.320 e. The fraction of sp³-hybridized carbons (Fsp3) is 0.125. The molecule has 3 N–H and O–H groups in total. The molecule has 0 saturated heterocycles. The van der Waals surface area contributed by atoms with Crippen molar-refractivity contribution >= 4 is 5.97 Å². The molecule has 1 atom stereocenters. The monoisotopic (exact) mass is 266 g/mol. The molecule has 2 aromatic rings. The van der Waals surface area contributed by atoms with Crippen molar-refractivity contribution in [3.05, 3.63) is 59.7 Å². The van der Waals surface area contributed by atoms with Gasteiger partial charge in [-0.05, 0) is 29.2 Å². The van der Waals surface area contributed by atoms with Crippen LogP contribution < -0.4 is 5.73 Å². The minimum atomic E-state index is -1.01. The van der Waals surface area contributed by atoms with Crippen molar-refractivity contribution in [3.8, 4) is 17.2 Å². The van der Waals surface area contributed by atoms with Crippen LogP contribution in [0.5, 0.6) is 0 Å². The number of nitrogens with zero attached hydrogens (tertiary/aromatic N) is 1. The van der Waals surface area contributed by atoms with E-state index in [4.69, 9.17) is 16.1 Å². The van der Waals surface area contributed by atoms with Crippen LogP contribution in [-0.4, -0.2) is 17.1 Å². The fourth-order valence-electron chi connectivity index (χ4n) is 1.99. The summed E-state index contributed by atoms with van der Waals surface area (Å²) in [6.07, 6.45) is 0.287. The van der Waals surface area contributed by atoms with Crippen LogP contribution >= 0.6 is 0 Å². The third-order valence-corrected chi connectivity index (χ3v) is 3.09. The summed E-state index contributed by atoms with van der Waals surface area (Å²) in [5.74, 6) is -1.01. The molecule has 0 aliphatic carbocycles. The summed E-state index contributed by atoms with van der Waals surface area (Å²) < 4.78 is 0. The topological polar surface area (TPSA) is 87.1 Å². The first kappa shape index (κ1) is 13.8. The number of benzene rings is 2. The molecule has 2 rings (SSSR count). The first-order valence-corrected chi connectivity index (χ1v) is 6.18. The quantitative estimate of drug-likeness (QED) is 0.887. The zero-order chi connectivity index (χ0) is 14.5. The van der Waals surface area contributed by atoms with Crippen molar-refractivity contribution in [1.82, 2.24) is 0 Å². The molecular formula is C16H14N2O2. The van der Waals surface area contributed by atoms with Gasteiger partial charge in [0.2, 0.25) is 0 Å². The summed E-state index contributed by atoms with van der Waals surface area (Å²) in [5.41, 5.74) is 8.76. The van der Waals surface area contributed by atoms with Gasteiger partial charge < -0.3 is 10.8 Å². The van der Waals surface area contributed by atoms with Gasteiger partial charge >= 0.3 is 5.97 Å². The van der Waals surface area contributed by atoms with Gasteiger partial charge in [-0.15, -0.1) is 0 Å². The molecule has 4 heteroatoms. The lowest BCUT2D eigenvalue weighted by Gasteiger charge is -2.08. The zero-order valence-electron chi connectivity index (χ0n) is 10.8. The number of rotatable bonds is 4. The Bertz CT molecular complexity index is 657. The Morgan fingerprint density at radius 2 is 1.85 bits per heavy atom. The van der Waals surface area contributed by atoms with Crippen LogP contribution in [0.1, 0.15) is 11.1 Å². The molecule has 0 aliphatic heterocycles. The van der Waals surface area contributed by atoms with Gasteiger partial charge in [0.15, 0.2) is 0 Å². The van der Waals surface area contributed by atoms with Gasteiger partial charge in [-0.3, -0.25) is 4.79 Å². The molecule has 100 valence electrons. The highest BCUT2D eigenvalue weighted by Gasteiger charge is 2.12. The summed E-state index contributed by atoms with van der Waals surface area (Å²) in [7, 11) is 0. The number of hydrogen-bond acceptors (Lipinski definition) is 3. The molecule has 4 nitrogen and oxygen atoms in total. The van der Waals surface area contributed by atoms with Gasteiger partial charge in [-0.25, -0.2) is 0 Å². The number of carboxylic acids is 1. The van der Waals surface area contributed by atoms with Gasteiger partial charge in [-0.1, -0.05) is 42.5 Å². The summed E-state index contributed by atoms with van der Waals surface area (Å²) in [6, 6.07) is 16.0. The van der Waals surface area contributed by atoms with Crippen LogP contribution in [0.3, 0.4) is 0 Å². The second-order valence-corrected chi connectivity index (χ2v) is 4.50. The van der Waals surface area contributed by atoms with Crippen LogP contribution in [0.15, 0.2) is 48.5 Å². The van der Waals surface area contributed by atoms with Gasteiger partial charge in [0.1, 0.15) is 6.04 Å². The van der Waals surface area contributed by atoms with Crippen LogP contribution in [0, 0.1) is 11.3 Å². The highest BCUT2D eigenvalue weighted by atomic mass is 16.4. The molecule has 0 bridgehead atoms. The van der Waals surface area contributed by atoms with E-state index in [9.17, 15) is 4.79 Å². The molecule has 0 saturated carbocycles. The first-order chi connectivity index (χ1) is 9.61. The van der Waals surface area contributed by atoms with Crippen LogP contribution in [0.4, 0.5) is 0 Å². The number of hydrogen-bond donors (Lipinski definition) is 2. The Morgan fingerprint density at radius 1 is 1.20 bits per heavy atom. The predicted octanol–water partition coefficient (Wildman–Crippen LogP) is 2.18.